The van der Waals surface area contributed by atoms with Crippen molar-refractivity contribution < 1.29 is 27.1 Å². The van der Waals surface area contributed by atoms with E-state index in [4.69, 9.17) is 13.9 Å². The second-order valence-corrected chi connectivity index (χ2v) is 8.92. The lowest BCUT2D eigenvalue weighted by Crippen LogP contribution is -2.40. The van der Waals surface area contributed by atoms with E-state index in [0.29, 0.717) is 36.7 Å². The quantitative estimate of drug-likeness (QED) is 0.510. The van der Waals surface area contributed by atoms with Gasteiger partial charge in [0.25, 0.3) is 0 Å². The van der Waals surface area contributed by atoms with Gasteiger partial charge in [0.2, 0.25) is 10.0 Å². The largest absolute Gasteiger partial charge is 0.494 e. The Morgan fingerprint density at radius 3 is 2.65 bits per heavy atom. The van der Waals surface area contributed by atoms with Gasteiger partial charge in [-0.3, -0.25) is 9.36 Å². The molecule has 1 aromatic heterocycles. The van der Waals surface area contributed by atoms with Gasteiger partial charge in [-0.25, -0.2) is 13.2 Å². The second kappa shape index (κ2) is 8.66. The summed E-state index contributed by atoms with van der Waals surface area (Å²) >= 11 is 0. The van der Waals surface area contributed by atoms with E-state index in [-0.39, 0.29) is 35.9 Å². The van der Waals surface area contributed by atoms with E-state index >= 15 is 0 Å². The fourth-order valence-corrected chi connectivity index (χ4v) is 4.88. The van der Waals surface area contributed by atoms with Crippen molar-refractivity contribution in [3.05, 3.63) is 58.6 Å². The van der Waals surface area contributed by atoms with Crippen molar-refractivity contribution in [3.8, 4) is 5.75 Å². The molecule has 2 aromatic carbocycles. The van der Waals surface area contributed by atoms with Crippen molar-refractivity contribution in [2.24, 2.45) is 0 Å². The number of morpholine rings is 1. The summed E-state index contributed by atoms with van der Waals surface area (Å²) in [5.41, 5.74) is 0.856. The van der Waals surface area contributed by atoms with Crippen LogP contribution >= 0.6 is 0 Å². The van der Waals surface area contributed by atoms with E-state index < -0.39 is 15.8 Å². The molecule has 0 bridgehead atoms. The third kappa shape index (κ3) is 4.27. The van der Waals surface area contributed by atoms with Gasteiger partial charge in [0.1, 0.15) is 5.75 Å². The molecule has 0 unspecified atom stereocenters. The number of oxazole rings is 1. The maximum absolute atomic E-state index is 12.8. The predicted molar refractivity (Wildman–Crippen MR) is 112 cm³/mol. The van der Waals surface area contributed by atoms with E-state index in [1.807, 2.05) is 6.92 Å². The molecule has 0 spiro atoms. The molecule has 0 radical (unpaired) electrons. The number of rotatable bonds is 7. The number of carbonyl (C=O) groups is 1. The molecular formula is C21H22N2O7S. The van der Waals surface area contributed by atoms with Gasteiger partial charge in [-0.2, -0.15) is 4.31 Å². The standard InChI is InChI=1S/C21H22N2O7S/c1-2-29-16-5-3-4-15(12-16)19(24)14-23-18-7-6-17(13-20(18)30-21(23)25)31(26,27)22-8-10-28-11-9-22/h3-7,12-13H,2,8-11,14H2,1H3. The number of ether oxygens (including phenoxy) is 2. The zero-order valence-corrected chi connectivity index (χ0v) is 17.8. The van der Waals surface area contributed by atoms with Crippen LogP contribution in [0.25, 0.3) is 11.1 Å². The Balaban J connectivity index is 1.63. The predicted octanol–water partition coefficient (Wildman–Crippen LogP) is 1.90. The Morgan fingerprint density at radius 1 is 1.13 bits per heavy atom. The lowest BCUT2D eigenvalue weighted by Gasteiger charge is -2.25. The minimum atomic E-state index is -3.73. The van der Waals surface area contributed by atoms with Gasteiger partial charge in [0.05, 0.1) is 36.8 Å². The van der Waals surface area contributed by atoms with Crippen LogP contribution in [-0.4, -0.2) is 56.0 Å². The molecule has 0 atom stereocenters. The summed E-state index contributed by atoms with van der Waals surface area (Å²) < 4.78 is 44.1. The number of carbonyl (C=O) groups excluding carboxylic acids is 1. The maximum Gasteiger partial charge on any atom is 0.420 e. The zero-order valence-electron chi connectivity index (χ0n) is 16.9. The first-order chi connectivity index (χ1) is 14.9. The summed E-state index contributed by atoms with van der Waals surface area (Å²) in [6, 6.07) is 10.9. The first kappa shape index (κ1) is 21.3. The van der Waals surface area contributed by atoms with Crippen LogP contribution in [0.15, 0.2) is 56.6 Å². The number of fused-ring (bicyclic) bond motifs is 1. The molecule has 3 aromatic rings. The Hall–Kier alpha value is -2.95. The van der Waals surface area contributed by atoms with Crippen LogP contribution in [0.1, 0.15) is 17.3 Å². The number of aromatic nitrogens is 1. The number of Topliss-reactive ketones (excluding diaryl/α,β-unsaturated/α-hetero) is 1. The summed E-state index contributed by atoms with van der Waals surface area (Å²) in [5, 5.41) is 0. The van der Waals surface area contributed by atoms with Crippen LogP contribution in [0, 0.1) is 0 Å². The van der Waals surface area contributed by atoms with Crippen LogP contribution in [0.3, 0.4) is 0 Å². The Labute approximate surface area is 178 Å². The SMILES string of the molecule is CCOc1cccc(C(=O)Cn2c(=O)oc3cc(S(=O)(=O)N4CCOCC4)ccc32)c1. The van der Waals surface area contributed by atoms with Crippen LogP contribution in [0.2, 0.25) is 0 Å². The van der Waals surface area contributed by atoms with Crippen LogP contribution in [0.5, 0.6) is 5.75 Å². The average molecular weight is 446 g/mol. The van der Waals surface area contributed by atoms with Crippen molar-refractivity contribution in [1.82, 2.24) is 8.87 Å². The molecule has 1 saturated heterocycles. The molecule has 2 heterocycles. The smallest absolute Gasteiger partial charge is 0.420 e. The van der Waals surface area contributed by atoms with Crippen LogP contribution < -0.4 is 10.5 Å². The molecule has 0 N–H and O–H groups in total. The zero-order chi connectivity index (χ0) is 22.0. The Bertz CT molecular complexity index is 1270. The normalized spacial score (nSPS) is 15.3. The van der Waals surface area contributed by atoms with Crippen LogP contribution in [-0.2, 0) is 21.3 Å². The van der Waals surface area contributed by atoms with E-state index in [1.54, 1.807) is 24.3 Å². The highest BCUT2D eigenvalue weighted by Crippen LogP contribution is 2.23. The highest BCUT2D eigenvalue weighted by Gasteiger charge is 2.27. The van der Waals surface area contributed by atoms with Gasteiger partial charge in [-0.05, 0) is 31.2 Å². The summed E-state index contributed by atoms with van der Waals surface area (Å²) in [4.78, 5) is 25.1. The summed E-state index contributed by atoms with van der Waals surface area (Å²) in [6.45, 7) is 3.27. The molecular weight excluding hydrogens is 424 g/mol. The van der Waals surface area contributed by atoms with Gasteiger partial charge in [0, 0.05) is 24.7 Å². The van der Waals surface area contributed by atoms with Gasteiger partial charge in [0.15, 0.2) is 11.4 Å². The lowest BCUT2D eigenvalue weighted by molar-refractivity contribution is 0.0730. The van der Waals surface area contributed by atoms with Crippen molar-refractivity contribution in [2.75, 3.05) is 32.9 Å². The van der Waals surface area contributed by atoms with Crippen molar-refractivity contribution in [1.29, 1.82) is 0 Å². The molecule has 0 saturated carbocycles. The topological polar surface area (TPSA) is 108 Å². The molecule has 0 amide bonds. The number of sulfonamides is 1. The third-order valence-corrected chi connectivity index (χ3v) is 6.91. The first-order valence-electron chi connectivity index (χ1n) is 9.87. The lowest BCUT2D eigenvalue weighted by atomic mass is 10.1. The minimum absolute atomic E-state index is 0.0264. The van der Waals surface area contributed by atoms with Crippen molar-refractivity contribution in [2.45, 2.75) is 18.4 Å². The summed E-state index contributed by atoms with van der Waals surface area (Å²) in [6.07, 6.45) is 0. The molecule has 1 aliphatic heterocycles. The van der Waals surface area contributed by atoms with Gasteiger partial charge in [-0.1, -0.05) is 12.1 Å². The molecule has 0 aliphatic carbocycles. The van der Waals surface area contributed by atoms with Gasteiger partial charge in [-0.15, -0.1) is 0 Å². The Kier molecular flexibility index (Phi) is 5.94. The Morgan fingerprint density at radius 2 is 1.90 bits per heavy atom. The molecule has 4 rings (SSSR count). The first-order valence-corrected chi connectivity index (χ1v) is 11.3. The highest BCUT2D eigenvalue weighted by atomic mass is 32.2. The van der Waals surface area contributed by atoms with E-state index in [9.17, 15) is 18.0 Å². The van der Waals surface area contributed by atoms with Gasteiger partial charge < -0.3 is 13.9 Å². The molecule has 9 nitrogen and oxygen atoms in total. The van der Waals surface area contributed by atoms with E-state index in [2.05, 4.69) is 0 Å². The molecule has 164 valence electrons. The van der Waals surface area contributed by atoms with Crippen molar-refractivity contribution >= 4 is 26.9 Å². The molecule has 1 fully saturated rings. The summed E-state index contributed by atoms with van der Waals surface area (Å²) in [5.74, 6) is -0.461. The number of ketones is 1. The van der Waals surface area contributed by atoms with Crippen LogP contribution in [0.4, 0.5) is 0 Å². The highest BCUT2D eigenvalue weighted by molar-refractivity contribution is 7.89. The summed E-state index contributed by atoms with van der Waals surface area (Å²) in [7, 11) is -3.73. The second-order valence-electron chi connectivity index (χ2n) is 6.98. The molecule has 31 heavy (non-hydrogen) atoms. The maximum atomic E-state index is 12.8. The number of nitrogens with zero attached hydrogens (tertiary/aromatic N) is 2. The molecule has 10 heteroatoms. The van der Waals surface area contributed by atoms with E-state index in [0.717, 1.165) is 0 Å². The van der Waals surface area contributed by atoms with Gasteiger partial charge >= 0.3 is 5.76 Å². The molecule has 1 aliphatic rings. The number of hydrogen-bond donors (Lipinski definition) is 0. The van der Waals surface area contributed by atoms with Crippen molar-refractivity contribution in [3.63, 3.8) is 0 Å². The van der Waals surface area contributed by atoms with E-state index in [1.165, 1.54) is 27.1 Å². The average Bonchev–Trinajstić information content (AvgIpc) is 3.09. The monoisotopic (exact) mass is 446 g/mol. The fraction of sp³-hybridized carbons (Fsp3) is 0.333. The third-order valence-electron chi connectivity index (χ3n) is 5.02. The minimum Gasteiger partial charge on any atom is -0.494 e. The number of hydrogen-bond acceptors (Lipinski definition) is 7. The fourth-order valence-electron chi connectivity index (χ4n) is 3.45. The number of benzene rings is 2.